The van der Waals surface area contributed by atoms with E-state index in [0.717, 1.165) is 48.8 Å². The van der Waals surface area contributed by atoms with E-state index in [0.29, 0.717) is 6.54 Å². The number of rotatable bonds is 4. The first kappa shape index (κ1) is 15.9. The highest BCUT2D eigenvalue weighted by atomic mass is 16.2. The van der Waals surface area contributed by atoms with Crippen LogP contribution < -0.4 is 0 Å². The molecule has 3 aromatic rings. The van der Waals surface area contributed by atoms with Crippen LogP contribution in [-0.4, -0.2) is 43.2 Å². The highest BCUT2D eigenvalue weighted by Crippen LogP contribution is 2.26. The van der Waals surface area contributed by atoms with Gasteiger partial charge in [-0.15, -0.1) is 0 Å². The lowest BCUT2D eigenvalue weighted by atomic mass is 10.0. The first-order valence-corrected chi connectivity index (χ1v) is 8.99. The van der Waals surface area contributed by atoms with E-state index < -0.39 is 0 Å². The Morgan fingerprint density at radius 3 is 3.00 bits per heavy atom. The van der Waals surface area contributed by atoms with E-state index in [4.69, 9.17) is 0 Å². The highest BCUT2D eigenvalue weighted by Gasteiger charge is 2.27. The fourth-order valence-electron chi connectivity index (χ4n) is 3.77. The maximum absolute atomic E-state index is 13.2. The first-order valence-electron chi connectivity index (χ1n) is 8.99. The van der Waals surface area contributed by atoms with Crippen LogP contribution in [0.1, 0.15) is 42.6 Å². The van der Waals surface area contributed by atoms with Crippen molar-refractivity contribution in [1.82, 2.24) is 24.2 Å². The van der Waals surface area contributed by atoms with Gasteiger partial charge in [-0.25, -0.2) is 9.67 Å². The van der Waals surface area contributed by atoms with Crippen LogP contribution >= 0.6 is 0 Å². The average molecular weight is 337 g/mol. The zero-order chi connectivity index (χ0) is 17.2. The SMILES string of the molecule is CCCn1cc(C(=O)N2CCC[C@H](n3cncn3)C2)c2ccccc21. The summed E-state index contributed by atoms with van der Waals surface area (Å²) in [4.78, 5) is 19.2. The number of piperidine rings is 1. The molecule has 6 heteroatoms. The second kappa shape index (κ2) is 6.70. The number of benzene rings is 1. The van der Waals surface area contributed by atoms with E-state index in [1.54, 1.807) is 12.7 Å². The van der Waals surface area contributed by atoms with Crippen molar-refractivity contribution in [3.8, 4) is 0 Å². The quantitative estimate of drug-likeness (QED) is 0.735. The van der Waals surface area contributed by atoms with E-state index >= 15 is 0 Å². The molecule has 25 heavy (non-hydrogen) atoms. The number of hydrogen-bond acceptors (Lipinski definition) is 3. The third-order valence-corrected chi connectivity index (χ3v) is 4.98. The molecule has 3 heterocycles. The lowest BCUT2D eigenvalue weighted by Gasteiger charge is -2.32. The zero-order valence-electron chi connectivity index (χ0n) is 14.5. The van der Waals surface area contributed by atoms with E-state index in [9.17, 15) is 4.79 Å². The summed E-state index contributed by atoms with van der Waals surface area (Å²) in [6.45, 7) is 4.58. The first-order chi connectivity index (χ1) is 12.3. The number of nitrogens with zero attached hydrogens (tertiary/aromatic N) is 5. The molecule has 0 N–H and O–H groups in total. The summed E-state index contributed by atoms with van der Waals surface area (Å²) in [5, 5.41) is 5.29. The lowest BCUT2D eigenvalue weighted by Crippen LogP contribution is -2.40. The largest absolute Gasteiger partial charge is 0.347 e. The second-order valence-electron chi connectivity index (χ2n) is 6.68. The Labute approximate surface area is 147 Å². The van der Waals surface area contributed by atoms with Gasteiger partial charge in [-0.05, 0) is 25.3 Å². The molecule has 1 aliphatic heterocycles. The summed E-state index contributed by atoms with van der Waals surface area (Å²) in [5.74, 6) is 0.121. The Morgan fingerprint density at radius 2 is 2.20 bits per heavy atom. The van der Waals surface area contributed by atoms with Crippen molar-refractivity contribution in [2.75, 3.05) is 13.1 Å². The Hall–Kier alpha value is -2.63. The van der Waals surface area contributed by atoms with Crippen LogP contribution in [0.4, 0.5) is 0 Å². The molecule has 1 aliphatic rings. The number of aromatic nitrogens is 4. The minimum absolute atomic E-state index is 0.121. The smallest absolute Gasteiger partial charge is 0.256 e. The van der Waals surface area contributed by atoms with Gasteiger partial charge in [0.1, 0.15) is 12.7 Å². The highest BCUT2D eigenvalue weighted by molar-refractivity contribution is 6.07. The number of carbonyl (C=O) groups excluding carboxylic acids is 1. The molecule has 0 radical (unpaired) electrons. The molecule has 2 aromatic heterocycles. The van der Waals surface area contributed by atoms with Gasteiger partial charge in [0.2, 0.25) is 0 Å². The number of likely N-dealkylation sites (tertiary alicyclic amines) is 1. The molecule has 0 saturated carbocycles. The molecule has 4 rings (SSSR count). The minimum Gasteiger partial charge on any atom is -0.347 e. The fourth-order valence-corrected chi connectivity index (χ4v) is 3.77. The molecule has 0 unspecified atom stereocenters. The molecule has 130 valence electrons. The summed E-state index contributed by atoms with van der Waals surface area (Å²) in [6, 6.07) is 8.39. The predicted octanol–water partition coefficient (Wildman–Crippen LogP) is 3.12. The van der Waals surface area contributed by atoms with Crippen LogP contribution in [0.25, 0.3) is 10.9 Å². The van der Waals surface area contributed by atoms with E-state index in [2.05, 4.69) is 27.6 Å². The Balaban J connectivity index is 1.63. The number of para-hydroxylation sites is 1. The van der Waals surface area contributed by atoms with Crippen molar-refractivity contribution in [3.63, 3.8) is 0 Å². The number of aryl methyl sites for hydroxylation is 1. The monoisotopic (exact) mass is 337 g/mol. The van der Waals surface area contributed by atoms with Crippen molar-refractivity contribution in [2.24, 2.45) is 0 Å². The molecule has 0 aliphatic carbocycles. The predicted molar refractivity (Wildman–Crippen MR) is 96.4 cm³/mol. The van der Waals surface area contributed by atoms with Gasteiger partial charge in [0.15, 0.2) is 0 Å². The summed E-state index contributed by atoms with van der Waals surface area (Å²) < 4.78 is 4.07. The van der Waals surface area contributed by atoms with Gasteiger partial charge in [0, 0.05) is 36.7 Å². The Bertz CT molecular complexity index is 867. The van der Waals surface area contributed by atoms with E-state index in [1.807, 2.05) is 34.0 Å². The van der Waals surface area contributed by atoms with Crippen molar-refractivity contribution in [3.05, 3.63) is 48.7 Å². The second-order valence-corrected chi connectivity index (χ2v) is 6.68. The molecule has 1 atom stereocenters. The summed E-state index contributed by atoms with van der Waals surface area (Å²) >= 11 is 0. The van der Waals surface area contributed by atoms with Crippen LogP contribution in [0, 0.1) is 0 Å². The minimum atomic E-state index is 0.121. The van der Waals surface area contributed by atoms with Gasteiger partial charge in [0.05, 0.1) is 11.6 Å². The lowest BCUT2D eigenvalue weighted by molar-refractivity contribution is 0.0674. The van der Waals surface area contributed by atoms with Gasteiger partial charge >= 0.3 is 0 Å². The normalized spacial score (nSPS) is 18.0. The van der Waals surface area contributed by atoms with Crippen LogP contribution in [0.5, 0.6) is 0 Å². The maximum atomic E-state index is 13.2. The third kappa shape index (κ3) is 2.92. The molecule has 1 amide bonds. The summed E-state index contributed by atoms with van der Waals surface area (Å²) in [6.07, 6.45) is 8.39. The molecule has 0 spiro atoms. The third-order valence-electron chi connectivity index (χ3n) is 4.98. The molecule has 1 aromatic carbocycles. The van der Waals surface area contributed by atoms with Gasteiger partial charge < -0.3 is 9.47 Å². The molecular formula is C19H23N5O. The van der Waals surface area contributed by atoms with Crippen molar-refractivity contribution in [1.29, 1.82) is 0 Å². The number of fused-ring (bicyclic) bond motifs is 1. The molecule has 6 nitrogen and oxygen atoms in total. The topological polar surface area (TPSA) is 56.0 Å². The average Bonchev–Trinajstić information content (AvgIpc) is 3.30. The molecule has 0 bridgehead atoms. The number of hydrogen-bond donors (Lipinski definition) is 0. The van der Waals surface area contributed by atoms with Crippen molar-refractivity contribution >= 4 is 16.8 Å². The van der Waals surface area contributed by atoms with Gasteiger partial charge in [-0.2, -0.15) is 5.10 Å². The summed E-state index contributed by atoms with van der Waals surface area (Å²) in [7, 11) is 0. The van der Waals surface area contributed by atoms with Crippen molar-refractivity contribution < 1.29 is 4.79 Å². The van der Waals surface area contributed by atoms with Crippen molar-refractivity contribution in [2.45, 2.75) is 38.8 Å². The molecule has 1 saturated heterocycles. The van der Waals surface area contributed by atoms with Crippen LogP contribution in [0.2, 0.25) is 0 Å². The Morgan fingerprint density at radius 1 is 1.32 bits per heavy atom. The standard InChI is InChI=1S/C19H23N5O/c1-2-9-22-12-17(16-7-3-4-8-18(16)22)19(25)23-10-5-6-15(11-23)24-14-20-13-21-24/h3-4,7-8,12-15H,2,5-6,9-11H2,1H3/t15-/m0/s1. The zero-order valence-corrected chi connectivity index (χ0v) is 14.5. The van der Waals surface area contributed by atoms with E-state index in [-0.39, 0.29) is 11.9 Å². The van der Waals surface area contributed by atoms with Crippen LogP contribution in [-0.2, 0) is 6.54 Å². The van der Waals surface area contributed by atoms with Gasteiger partial charge in [-0.3, -0.25) is 4.79 Å². The molecular weight excluding hydrogens is 314 g/mol. The van der Waals surface area contributed by atoms with Crippen LogP contribution in [0.15, 0.2) is 43.1 Å². The Kier molecular flexibility index (Phi) is 4.26. The number of amides is 1. The van der Waals surface area contributed by atoms with Crippen LogP contribution in [0.3, 0.4) is 0 Å². The van der Waals surface area contributed by atoms with Gasteiger partial charge in [-0.1, -0.05) is 25.1 Å². The van der Waals surface area contributed by atoms with Gasteiger partial charge in [0.25, 0.3) is 5.91 Å². The fraction of sp³-hybridized carbons (Fsp3) is 0.421. The summed E-state index contributed by atoms with van der Waals surface area (Å²) in [5.41, 5.74) is 1.95. The maximum Gasteiger partial charge on any atom is 0.256 e. The number of carbonyl (C=O) groups is 1. The van der Waals surface area contributed by atoms with E-state index in [1.165, 1.54) is 0 Å². The molecule has 1 fully saturated rings.